The number of nitrogens with zero attached hydrogens (tertiary/aromatic N) is 10. The number of aromatic nitrogens is 10. The second-order valence-electron chi connectivity index (χ2n) is 39.3. The van der Waals surface area contributed by atoms with Crippen molar-refractivity contribution in [3.63, 3.8) is 0 Å². The van der Waals surface area contributed by atoms with E-state index in [0.29, 0.717) is 23.4 Å². The van der Waals surface area contributed by atoms with Gasteiger partial charge in [0, 0.05) is 164 Å². The third kappa shape index (κ3) is 12.0. The molecule has 32 aromatic rings. The predicted octanol–water partition coefficient (Wildman–Crippen LogP) is 37.4. The van der Waals surface area contributed by atoms with Crippen molar-refractivity contribution >= 4 is 225 Å². The molecular weight excluding hydrogens is 1880 g/mol. The third-order valence-electron chi connectivity index (χ3n) is 31.4. The van der Waals surface area contributed by atoms with Crippen LogP contribution in [0.25, 0.3) is 332 Å². The Morgan fingerprint density at radius 1 is 0.173 bits per heavy atom. The highest BCUT2D eigenvalue weighted by atomic mass is 32.1. The van der Waals surface area contributed by atoms with E-state index in [0.717, 1.165) is 89.1 Å². The molecule has 0 saturated carbocycles. The first-order valence-corrected chi connectivity index (χ1v) is 53.3. The molecule has 13 heteroatoms. The first-order chi connectivity index (χ1) is 74.5. The van der Waals surface area contributed by atoms with Crippen LogP contribution in [0.3, 0.4) is 0 Å². The largest absolute Gasteiger partial charge is 0.309 e. The molecule has 35 rings (SSSR count). The summed E-state index contributed by atoms with van der Waals surface area (Å²) in [6.07, 6.45) is 0. The molecule has 692 valence electrons. The zero-order chi connectivity index (χ0) is 97.8. The Kier molecular flexibility index (Phi) is 17.8. The van der Waals surface area contributed by atoms with Crippen LogP contribution < -0.4 is 0 Å². The highest BCUT2D eigenvalue weighted by Gasteiger charge is 2.36. The van der Waals surface area contributed by atoms with Crippen LogP contribution in [0.1, 0.15) is 0 Å². The van der Waals surface area contributed by atoms with Gasteiger partial charge in [0.05, 0.1) is 55.3 Å². The van der Waals surface area contributed by atoms with Crippen molar-refractivity contribution in [3.8, 4) is 141 Å². The molecule has 3 aliphatic carbocycles. The lowest BCUT2D eigenvalue weighted by Gasteiger charge is -2.16. The molecule has 0 N–H and O–H groups in total. The molecule has 0 aliphatic heterocycles. The fourth-order valence-electron chi connectivity index (χ4n) is 25.2. The molecule has 0 atom stereocenters. The number of rotatable bonds is 8. The summed E-state index contributed by atoms with van der Waals surface area (Å²) in [6, 6.07) is 166. The monoisotopic (exact) mass is 1960 g/mol. The van der Waals surface area contributed by atoms with Crippen molar-refractivity contribution in [1.82, 2.24) is 48.6 Å². The van der Waals surface area contributed by atoms with Gasteiger partial charge < -0.3 is 4.57 Å². The second kappa shape index (κ2) is 32.2. The Labute approximate surface area is 868 Å². The van der Waals surface area contributed by atoms with E-state index in [1.807, 2.05) is 64.3 Å². The van der Waals surface area contributed by atoms with Gasteiger partial charge in [0.2, 0.25) is 5.95 Å². The first-order valence-electron chi connectivity index (χ1n) is 50.8. The Morgan fingerprint density at radius 2 is 0.500 bits per heavy atom. The van der Waals surface area contributed by atoms with Crippen LogP contribution in [0.4, 0.5) is 0 Å². The van der Waals surface area contributed by atoms with Crippen molar-refractivity contribution in [1.29, 1.82) is 0 Å². The van der Waals surface area contributed by atoms with Gasteiger partial charge in [-0.15, -0.1) is 34.0 Å². The lowest BCUT2D eigenvalue weighted by molar-refractivity contribution is 1.02. The van der Waals surface area contributed by atoms with Gasteiger partial charge in [-0.05, 0) is 162 Å². The van der Waals surface area contributed by atoms with Gasteiger partial charge in [0.25, 0.3) is 0 Å². The number of hydrogen-bond donors (Lipinski definition) is 0. The van der Waals surface area contributed by atoms with E-state index in [4.69, 9.17) is 34.9 Å². The summed E-state index contributed by atoms with van der Waals surface area (Å²) < 4.78 is 15.1. The number of para-hydroxylation sites is 3. The zero-order valence-corrected chi connectivity index (χ0v) is 82.5. The second-order valence-corrected chi connectivity index (χ2v) is 42.4. The third-order valence-corrected chi connectivity index (χ3v) is 35.0. The predicted molar refractivity (Wildman–Crippen MR) is 631 cm³/mol. The van der Waals surface area contributed by atoms with Gasteiger partial charge in [-0.2, -0.15) is 0 Å². The molecule has 3 aliphatic rings. The summed E-state index contributed by atoms with van der Waals surface area (Å²) in [5, 5.41) is 26.7. The number of benzene rings is 23. The molecule has 0 spiro atoms. The molecule has 0 saturated heterocycles. The van der Waals surface area contributed by atoms with E-state index < -0.39 is 0 Å². The minimum atomic E-state index is 0.640. The molecule has 0 bridgehead atoms. The molecule has 0 unspecified atom stereocenters. The summed E-state index contributed by atoms with van der Waals surface area (Å²) in [7, 11) is 0. The van der Waals surface area contributed by atoms with E-state index in [1.54, 1.807) is 0 Å². The summed E-state index contributed by atoms with van der Waals surface area (Å²) in [4.78, 5) is 36.8. The topological polar surface area (TPSA) is 105 Å². The molecule has 0 amide bonds. The van der Waals surface area contributed by atoms with E-state index in [-0.39, 0.29) is 0 Å². The van der Waals surface area contributed by atoms with Gasteiger partial charge in [-0.3, -0.25) is 9.13 Å². The average molecular weight is 1960 g/mol. The van der Waals surface area contributed by atoms with Crippen LogP contribution in [-0.2, 0) is 0 Å². The fourth-order valence-corrected chi connectivity index (χ4v) is 28.9. The van der Waals surface area contributed by atoms with Gasteiger partial charge >= 0.3 is 0 Å². The smallest absolute Gasteiger partial charge is 0.235 e. The summed E-state index contributed by atoms with van der Waals surface area (Å²) >= 11 is 5.68. The maximum absolute atomic E-state index is 5.46. The van der Waals surface area contributed by atoms with Crippen LogP contribution >= 0.6 is 34.0 Å². The highest BCUT2D eigenvalue weighted by Crippen LogP contribution is 2.60. The zero-order valence-electron chi connectivity index (χ0n) is 80.1. The van der Waals surface area contributed by atoms with Crippen molar-refractivity contribution in [2.24, 2.45) is 0 Å². The van der Waals surface area contributed by atoms with E-state index in [1.165, 1.54) is 219 Å². The Morgan fingerprint density at radius 3 is 0.973 bits per heavy atom. The standard InChI is InChI=1S/C53H30N4S.2C42H23N3S/c1-2-13-32(14-3-1)51-54-52(56-53(55-51)35-25-24-31-12-4-5-15-34(31)30-35)33-26-28-36(29-27-33)57-43-22-11-20-40-38-17-7-6-16-37(38)39-19-10-21-42-45(39)48(46(40)43)49(57)47-41-18-8-9-23-44(41)58-50(42)47;1-2-12-24(13-3-1)39-42(44-32-21-8-7-20-31(32)43-39)45-33-22-11-18-28-26-15-5-4-14-25(26)27-17-10-19-30-35(27)38(36(28)33)40(45)37-29-16-6-9-23-34(29)46-41(30)37;1-2-12-24(13-3-1)39-29-16-6-8-21-32(29)43-42(44-39)45-33-22-11-19-28-26-15-5-4-14-25(26)27-18-10-20-31-35(27)38(36(28)33)40(45)37-30-17-7-9-23-34(30)46-41(31)37/h1-30H;2*1-23H. The Bertz CT molecular complexity index is 11500. The quantitative estimate of drug-likeness (QED) is 0.149. The lowest BCUT2D eigenvalue weighted by atomic mass is 9.93. The fraction of sp³-hybridized carbons (Fsp3) is 0. The molecule has 23 aromatic carbocycles. The minimum absolute atomic E-state index is 0.640. The van der Waals surface area contributed by atoms with Gasteiger partial charge in [0.15, 0.2) is 23.3 Å². The maximum atomic E-state index is 5.46. The summed E-state index contributed by atoms with van der Waals surface area (Å²) in [6.45, 7) is 0. The Balaban J connectivity index is 0.0000000984. The average Bonchev–Trinajstić information content (AvgIpc) is 1.52. The lowest BCUT2D eigenvalue weighted by Crippen LogP contribution is -2.04. The van der Waals surface area contributed by atoms with E-state index >= 15 is 0 Å². The molecule has 0 fully saturated rings. The molecular formula is C137H76N10S3. The van der Waals surface area contributed by atoms with E-state index in [9.17, 15) is 0 Å². The van der Waals surface area contributed by atoms with Crippen LogP contribution in [-0.4, -0.2) is 48.6 Å². The maximum Gasteiger partial charge on any atom is 0.235 e. The van der Waals surface area contributed by atoms with Crippen LogP contribution in [0.15, 0.2) is 461 Å². The molecule has 9 aromatic heterocycles. The number of thiophene rings is 3. The molecule has 0 radical (unpaired) electrons. The molecule has 150 heavy (non-hydrogen) atoms. The van der Waals surface area contributed by atoms with Gasteiger partial charge in [-0.25, -0.2) is 34.9 Å². The van der Waals surface area contributed by atoms with Gasteiger partial charge in [-0.1, -0.05) is 376 Å². The summed E-state index contributed by atoms with van der Waals surface area (Å²) in [5.74, 6) is 3.48. The van der Waals surface area contributed by atoms with Crippen molar-refractivity contribution in [3.05, 3.63) is 461 Å². The van der Waals surface area contributed by atoms with E-state index in [2.05, 4.69) is 444 Å². The van der Waals surface area contributed by atoms with Gasteiger partial charge in [0.1, 0.15) is 5.69 Å². The number of fused-ring (bicyclic) bond motifs is 27. The van der Waals surface area contributed by atoms with Crippen molar-refractivity contribution < 1.29 is 0 Å². The highest BCUT2D eigenvalue weighted by molar-refractivity contribution is 7.28. The number of hydrogen-bond acceptors (Lipinski definition) is 10. The van der Waals surface area contributed by atoms with Crippen molar-refractivity contribution in [2.45, 2.75) is 0 Å². The molecule has 9 heterocycles. The summed E-state index contributed by atoms with van der Waals surface area (Å²) in [5.41, 5.74) is 32.9. The first kappa shape index (κ1) is 83.2. The minimum Gasteiger partial charge on any atom is -0.309 e. The van der Waals surface area contributed by atoms with Crippen LogP contribution in [0, 0.1) is 0 Å². The van der Waals surface area contributed by atoms with Crippen molar-refractivity contribution in [2.75, 3.05) is 0 Å². The van der Waals surface area contributed by atoms with Crippen LogP contribution in [0.5, 0.6) is 0 Å². The van der Waals surface area contributed by atoms with Crippen LogP contribution in [0.2, 0.25) is 0 Å². The molecule has 10 nitrogen and oxygen atoms in total. The normalized spacial score (nSPS) is 12.3. The SMILES string of the molecule is c1ccc(-c2nc(-c3ccc(-n4c5cccc6c5c5c7c(cccc7c7sc8ccccc8c7c54)-c4ccccc4-6)cc3)nc(-c3ccc4ccccc4c3)n2)cc1.c1ccc(-c2nc(-n3c4cccc5c4c4c6c(cccc6c6sc7ccccc7c6c43)-c3ccccc3-5)nc3ccccc23)cc1.c1ccc(-c2nc3ccccc3nc2-n2c3cccc4c3c3c5c(cccc5c5sc6ccccc6c5c32)-c2ccccc2-4)cc1. The Hall–Kier alpha value is -19.2.